The molecule has 0 radical (unpaired) electrons. The third kappa shape index (κ3) is 3.74. The number of aromatic nitrogens is 1. The van der Waals surface area contributed by atoms with E-state index in [1.165, 1.54) is 6.92 Å². The molecule has 2 N–H and O–H groups in total. The Labute approximate surface area is 143 Å². The molecule has 1 aromatic heterocycles. The first-order chi connectivity index (χ1) is 12.0. The van der Waals surface area contributed by atoms with Crippen LogP contribution in [0.1, 0.15) is 27.6 Å². The second kappa shape index (κ2) is 7.00. The summed E-state index contributed by atoms with van der Waals surface area (Å²) in [5.74, 6) is -1.06. The van der Waals surface area contributed by atoms with Crippen LogP contribution >= 0.6 is 0 Å². The van der Waals surface area contributed by atoms with Gasteiger partial charge in [0, 0.05) is 35.3 Å². The highest BCUT2D eigenvalue weighted by Gasteiger charge is 2.15. The Balaban J connectivity index is 1.63. The number of H-pyrrole nitrogens is 1. The van der Waals surface area contributed by atoms with Crippen molar-refractivity contribution in [3.05, 3.63) is 65.9 Å². The van der Waals surface area contributed by atoms with Crippen LogP contribution in [0.5, 0.6) is 0 Å². The van der Waals surface area contributed by atoms with Gasteiger partial charge in [-0.05, 0) is 30.3 Å². The number of carbonyl (C=O) groups is 3. The minimum atomic E-state index is -0.555. The number of amides is 1. The van der Waals surface area contributed by atoms with E-state index in [0.29, 0.717) is 16.8 Å². The lowest BCUT2D eigenvalue weighted by atomic mass is 10.1. The molecular weight excluding hydrogens is 320 g/mol. The van der Waals surface area contributed by atoms with Gasteiger partial charge in [0.15, 0.2) is 12.4 Å². The number of hydrogen-bond donors (Lipinski definition) is 2. The molecule has 0 aliphatic heterocycles. The molecule has 25 heavy (non-hydrogen) atoms. The van der Waals surface area contributed by atoms with E-state index in [2.05, 4.69) is 10.3 Å². The minimum absolute atomic E-state index is 0.188. The maximum absolute atomic E-state index is 12.2. The third-order valence-corrected chi connectivity index (χ3v) is 3.67. The van der Waals surface area contributed by atoms with Crippen LogP contribution in [0.4, 0.5) is 5.69 Å². The van der Waals surface area contributed by atoms with E-state index in [-0.39, 0.29) is 18.3 Å². The number of aromatic amines is 1. The van der Waals surface area contributed by atoms with Gasteiger partial charge in [-0.2, -0.15) is 0 Å². The SMILES string of the molecule is CC(=O)Nc1ccc(C(=O)COC(=O)c2c[nH]c3ccccc23)cc1. The molecule has 0 saturated carbocycles. The molecule has 6 heteroatoms. The summed E-state index contributed by atoms with van der Waals surface area (Å²) in [6, 6.07) is 13.8. The normalized spacial score (nSPS) is 10.4. The van der Waals surface area contributed by atoms with E-state index in [1.54, 1.807) is 30.5 Å². The highest BCUT2D eigenvalue weighted by Crippen LogP contribution is 2.18. The predicted octanol–water partition coefficient (Wildman–Crippen LogP) is 3.17. The van der Waals surface area contributed by atoms with Gasteiger partial charge in [0.25, 0.3) is 0 Å². The van der Waals surface area contributed by atoms with Crippen molar-refractivity contribution in [2.45, 2.75) is 6.92 Å². The summed E-state index contributed by atoms with van der Waals surface area (Å²) in [6.07, 6.45) is 1.57. The van der Waals surface area contributed by atoms with E-state index >= 15 is 0 Å². The fraction of sp³-hybridized carbons (Fsp3) is 0.105. The summed E-state index contributed by atoms with van der Waals surface area (Å²) < 4.78 is 5.13. The van der Waals surface area contributed by atoms with Crippen molar-refractivity contribution in [2.24, 2.45) is 0 Å². The molecule has 0 aliphatic carbocycles. The van der Waals surface area contributed by atoms with E-state index in [0.717, 1.165) is 10.9 Å². The first-order valence-electron chi connectivity index (χ1n) is 7.68. The number of carbonyl (C=O) groups excluding carboxylic acids is 3. The number of nitrogens with one attached hydrogen (secondary N) is 2. The van der Waals surface area contributed by atoms with E-state index in [9.17, 15) is 14.4 Å². The van der Waals surface area contributed by atoms with Gasteiger partial charge in [-0.15, -0.1) is 0 Å². The molecule has 0 saturated heterocycles. The Morgan fingerprint density at radius 1 is 1.04 bits per heavy atom. The number of Topliss-reactive ketones (excluding diaryl/α,β-unsaturated/α-hetero) is 1. The van der Waals surface area contributed by atoms with Gasteiger partial charge in [0.2, 0.25) is 5.91 Å². The van der Waals surface area contributed by atoms with Crippen molar-refractivity contribution in [1.82, 2.24) is 4.98 Å². The Kier molecular flexibility index (Phi) is 4.61. The number of para-hydroxylation sites is 1. The second-order valence-corrected chi connectivity index (χ2v) is 5.51. The van der Waals surface area contributed by atoms with Crippen molar-refractivity contribution < 1.29 is 19.1 Å². The summed E-state index contributed by atoms with van der Waals surface area (Å²) in [7, 11) is 0. The lowest BCUT2D eigenvalue weighted by Gasteiger charge is -2.05. The maximum Gasteiger partial charge on any atom is 0.340 e. The predicted molar refractivity (Wildman–Crippen MR) is 93.7 cm³/mol. The quantitative estimate of drug-likeness (QED) is 0.553. The van der Waals surface area contributed by atoms with Gasteiger partial charge in [0.1, 0.15) is 0 Å². The molecule has 0 fully saturated rings. The Hall–Kier alpha value is -3.41. The molecule has 0 unspecified atom stereocenters. The lowest BCUT2D eigenvalue weighted by Crippen LogP contribution is -2.14. The summed E-state index contributed by atoms with van der Waals surface area (Å²) in [5, 5.41) is 3.37. The second-order valence-electron chi connectivity index (χ2n) is 5.51. The molecule has 3 rings (SSSR count). The average molecular weight is 336 g/mol. The molecule has 2 aromatic carbocycles. The van der Waals surface area contributed by atoms with Gasteiger partial charge in [-0.3, -0.25) is 9.59 Å². The zero-order valence-corrected chi connectivity index (χ0v) is 13.5. The van der Waals surface area contributed by atoms with Crippen molar-refractivity contribution in [1.29, 1.82) is 0 Å². The summed E-state index contributed by atoms with van der Waals surface area (Å²) >= 11 is 0. The number of rotatable bonds is 5. The van der Waals surface area contributed by atoms with Crippen LogP contribution < -0.4 is 5.32 Å². The topological polar surface area (TPSA) is 88.3 Å². The van der Waals surface area contributed by atoms with Crippen LogP contribution in [0, 0.1) is 0 Å². The van der Waals surface area contributed by atoms with Crippen LogP contribution in [0.2, 0.25) is 0 Å². The third-order valence-electron chi connectivity index (χ3n) is 3.67. The van der Waals surface area contributed by atoms with E-state index in [1.807, 2.05) is 24.3 Å². The molecule has 6 nitrogen and oxygen atoms in total. The molecule has 0 spiro atoms. The van der Waals surface area contributed by atoms with Gasteiger partial charge in [0.05, 0.1) is 5.56 Å². The average Bonchev–Trinajstić information content (AvgIpc) is 3.03. The molecule has 0 atom stereocenters. The highest BCUT2D eigenvalue weighted by molar-refractivity contribution is 6.05. The standard InChI is InChI=1S/C19H16N2O4/c1-12(22)21-14-8-6-13(7-9-14)18(23)11-25-19(24)16-10-20-17-5-3-2-4-15(16)17/h2-10,20H,11H2,1H3,(H,21,22). The fourth-order valence-electron chi connectivity index (χ4n) is 2.48. The van der Waals surface area contributed by atoms with Crippen molar-refractivity contribution in [3.8, 4) is 0 Å². The number of ether oxygens (including phenoxy) is 1. The number of anilines is 1. The van der Waals surface area contributed by atoms with Crippen LogP contribution in [0.15, 0.2) is 54.7 Å². The Bertz CT molecular complexity index is 941. The van der Waals surface area contributed by atoms with E-state index < -0.39 is 5.97 Å². The molecule has 0 bridgehead atoms. The number of fused-ring (bicyclic) bond motifs is 1. The van der Waals surface area contributed by atoms with Crippen molar-refractivity contribution in [3.63, 3.8) is 0 Å². The maximum atomic E-state index is 12.2. The van der Waals surface area contributed by atoms with Gasteiger partial charge in [-0.1, -0.05) is 18.2 Å². The van der Waals surface area contributed by atoms with Crippen LogP contribution in [0.25, 0.3) is 10.9 Å². The molecule has 0 aliphatic rings. The van der Waals surface area contributed by atoms with Gasteiger partial charge in [-0.25, -0.2) is 4.79 Å². The summed E-state index contributed by atoms with van der Waals surface area (Å²) in [6.45, 7) is 1.06. The number of hydrogen-bond acceptors (Lipinski definition) is 4. The Morgan fingerprint density at radius 2 is 1.76 bits per heavy atom. The monoisotopic (exact) mass is 336 g/mol. The highest BCUT2D eigenvalue weighted by atomic mass is 16.5. The van der Waals surface area contributed by atoms with Crippen molar-refractivity contribution in [2.75, 3.05) is 11.9 Å². The Morgan fingerprint density at radius 3 is 2.48 bits per heavy atom. The van der Waals surface area contributed by atoms with Gasteiger partial charge < -0.3 is 15.0 Å². The smallest absolute Gasteiger partial charge is 0.340 e. The molecule has 126 valence electrons. The van der Waals surface area contributed by atoms with Crippen LogP contribution in [-0.4, -0.2) is 29.3 Å². The largest absolute Gasteiger partial charge is 0.454 e. The van der Waals surface area contributed by atoms with Crippen LogP contribution in [-0.2, 0) is 9.53 Å². The first kappa shape index (κ1) is 16.4. The molecular formula is C19H16N2O4. The lowest BCUT2D eigenvalue weighted by molar-refractivity contribution is -0.114. The number of ketones is 1. The zero-order valence-electron chi connectivity index (χ0n) is 13.5. The number of benzene rings is 2. The minimum Gasteiger partial charge on any atom is -0.454 e. The summed E-state index contributed by atoms with van der Waals surface area (Å²) in [4.78, 5) is 38.3. The van der Waals surface area contributed by atoms with E-state index in [4.69, 9.17) is 4.74 Å². The van der Waals surface area contributed by atoms with Gasteiger partial charge >= 0.3 is 5.97 Å². The van der Waals surface area contributed by atoms with Crippen LogP contribution in [0.3, 0.4) is 0 Å². The molecule has 3 aromatic rings. The fourth-order valence-corrected chi connectivity index (χ4v) is 2.48. The summed E-state index contributed by atoms with van der Waals surface area (Å²) in [5.41, 5.74) is 2.22. The first-order valence-corrected chi connectivity index (χ1v) is 7.68. The van der Waals surface area contributed by atoms with Crippen molar-refractivity contribution >= 4 is 34.3 Å². The number of esters is 1. The molecule has 1 amide bonds. The zero-order chi connectivity index (χ0) is 17.8. The molecule has 1 heterocycles.